The number of non-ortho nitro benzene ring substituents is 4. The number of nitro groups is 4. The Bertz CT molecular complexity index is 2470. The van der Waals surface area contributed by atoms with E-state index in [1.807, 2.05) is 41.0 Å². The largest absolute Gasteiger partial charge is 0.379 e. The van der Waals surface area contributed by atoms with E-state index in [0.29, 0.717) is 121 Å². The van der Waals surface area contributed by atoms with Crippen LogP contribution in [0.15, 0.2) is 72.8 Å². The van der Waals surface area contributed by atoms with E-state index >= 15 is 0 Å². The summed E-state index contributed by atoms with van der Waals surface area (Å²) in [6.45, 7) is 21.4. The number of aryl methyl sites for hydroxylation is 1. The Kier molecular flexibility index (Phi) is 20.6. The summed E-state index contributed by atoms with van der Waals surface area (Å²) in [7, 11) is 0. The summed E-state index contributed by atoms with van der Waals surface area (Å²) >= 11 is 0. The molecular weight excluding hydrogens is 977 g/mol. The highest BCUT2D eigenvalue weighted by molar-refractivity contribution is 5.77. The van der Waals surface area contributed by atoms with E-state index < -0.39 is 9.85 Å². The van der Waals surface area contributed by atoms with Crippen molar-refractivity contribution in [3.63, 3.8) is 0 Å². The number of hydrogen-bond acceptors (Lipinski definition) is 20. The molecule has 0 bridgehead atoms. The third-order valence-electron chi connectivity index (χ3n) is 13.2. The molecule has 0 spiro atoms. The third-order valence-corrected chi connectivity index (χ3v) is 13.2. The van der Waals surface area contributed by atoms with E-state index in [-0.39, 0.29) is 38.6 Å². The van der Waals surface area contributed by atoms with Crippen LogP contribution in [0.2, 0.25) is 0 Å². The van der Waals surface area contributed by atoms with Gasteiger partial charge in [0.25, 0.3) is 22.7 Å². The fraction of sp³-hybridized carbons (Fsp3) is 0.529. The minimum absolute atomic E-state index is 0.0478. The second-order valence-electron chi connectivity index (χ2n) is 18.7. The van der Waals surface area contributed by atoms with Gasteiger partial charge in [-0.25, -0.2) is 0 Å². The number of rotatable bonds is 10. The molecular formula is C51H68N10O14. The molecule has 0 aliphatic carbocycles. The van der Waals surface area contributed by atoms with Gasteiger partial charge in [-0.15, -0.1) is 0 Å². The summed E-state index contributed by atoms with van der Waals surface area (Å²) < 4.78 is 31.9. The maximum Gasteiger partial charge on any atom is 0.273 e. The lowest BCUT2D eigenvalue weighted by atomic mass is 10.0. The Morgan fingerprint density at radius 2 is 0.760 bits per heavy atom. The molecule has 406 valence electrons. The molecule has 2 atom stereocenters. The van der Waals surface area contributed by atoms with Crippen LogP contribution in [0.25, 0.3) is 11.1 Å². The first-order valence-electron chi connectivity index (χ1n) is 25.3. The van der Waals surface area contributed by atoms with Crippen molar-refractivity contribution >= 4 is 51.2 Å². The van der Waals surface area contributed by atoms with E-state index in [1.54, 1.807) is 24.3 Å². The smallest absolute Gasteiger partial charge is 0.273 e. The predicted molar refractivity (Wildman–Crippen MR) is 284 cm³/mol. The van der Waals surface area contributed by atoms with E-state index in [4.69, 9.17) is 28.4 Å². The lowest BCUT2D eigenvalue weighted by Gasteiger charge is -2.36. The van der Waals surface area contributed by atoms with E-state index in [0.717, 1.165) is 75.1 Å². The summed E-state index contributed by atoms with van der Waals surface area (Å²) in [6, 6.07) is 21.0. The normalized spacial score (nSPS) is 20.0. The SMILES string of the molecule is C[C@H]1COCCN1.C[C@H]1COCCN1c1cc(N2CCOCC2)cc([N+](=O)[O-])c1.Cc1cc(N2CCOCC2)cc([N+](=O)[O-])c1.O=[N+]([O-])c1cc(-c2cc(N3CCOCC3)cc([N+](=O)[O-])c2)cc(N2CCOCC2)c1. The number of ether oxygens (including phenoxy) is 6. The summed E-state index contributed by atoms with van der Waals surface area (Å²) in [4.78, 5) is 54.1. The maximum absolute atomic E-state index is 11.5. The van der Waals surface area contributed by atoms with Gasteiger partial charge < -0.3 is 58.2 Å². The average molecular weight is 1050 g/mol. The van der Waals surface area contributed by atoms with Crippen molar-refractivity contribution < 1.29 is 48.1 Å². The van der Waals surface area contributed by atoms with Gasteiger partial charge in [0.2, 0.25) is 0 Å². The van der Waals surface area contributed by atoms with Crippen LogP contribution in [0.3, 0.4) is 0 Å². The van der Waals surface area contributed by atoms with Gasteiger partial charge in [0.15, 0.2) is 0 Å². The molecule has 75 heavy (non-hydrogen) atoms. The number of anilines is 5. The highest BCUT2D eigenvalue weighted by Crippen LogP contribution is 2.36. The van der Waals surface area contributed by atoms with Crippen LogP contribution >= 0.6 is 0 Å². The second-order valence-corrected chi connectivity index (χ2v) is 18.7. The van der Waals surface area contributed by atoms with E-state index in [2.05, 4.69) is 33.9 Å². The van der Waals surface area contributed by atoms with Gasteiger partial charge in [-0.3, -0.25) is 40.5 Å². The molecule has 1 N–H and O–H groups in total. The minimum atomic E-state index is -0.437. The first kappa shape index (κ1) is 55.9. The van der Waals surface area contributed by atoms with Crippen LogP contribution in [0.4, 0.5) is 51.2 Å². The lowest BCUT2D eigenvalue weighted by molar-refractivity contribution is -0.385. The maximum atomic E-state index is 11.5. The summed E-state index contributed by atoms with van der Waals surface area (Å²) in [5, 5.41) is 48.4. The van der Waals surface area contributed by atoms with Crippen LogP contribution < -0.4 is 29.8 Å². The number of hydrogen-bond donors (Lipinski definition) is 1. The third kappa shape index (κ3) is 16.3. The molecule has 0 amide bonds. The van der Waals surface area contributed by atoms with Crippen molar-refractivity contribution in [2.24, 2.45) is 0 Å². The lowest BCUT2D eigenvalue weighted by Crippen LogP contribution is -2.44. The molecule has 6 aliphatic heterocycles. The predicted octanol–water partition coefficient (Wildman–Crippen LogP) is 6.23. The molecule has 6 saturated heterocycles. The summed E-state index contributed by atoms with van der Waals surface area (Å²) in [5.41, 5.74) is 6.38. The Morgan fingerprint density at radius 1 is 0.413 bits per heavy atom. The van der Waals surface area contributed by atoms with E-state index in [9.17, 15) is 40.5 Å². The van der Waals surface area contributed by atoms with Crippen molar-refractivity contribution in [2.45, 2.75) is 32.9 Å². The van der Waals surface area contributed by atoms with Crippen LogP contribution in [-0.4, -0.2) is 177 Å². The highest BCUT2D eigenvalue weighted by Gasteiger charge is 2.25. The molecule has 0 aromatic heterocycles. The Hall–Kier alpha value is -6.80. The molecule has 10 rings (SSSR count). The van der Waals surface area contributed by atoms with Gasteiger partial charge in [0, 0.05) is 154 Å². The first-order valence-corrected chi connectivity index (χ1v) is 25.3. The molecule has 6 aliphatic rings. The van der Waals surface area contributed by atoms with Gasteiger partial charge in [0.05, 0.1) is 99.0 Å². The van der Waals surface area contributed by atoms with Crippen LogP contribution in [-0.2, 0) is 28.4 Å². The zero-order valence-corrected chi connectivity index (χ0v) is 42.9. The summed E-state index contributed by atoms with van der Waals surface area (Å²) in [6.07, 6.45) is 0. The van der Waals surface area contributed by atoms with Crippen molar-refractivity contribution in [3.05, 3.63) is 119 Å². The molecule has 4 aromatic carbocycles. The van der Waals surface area contributed by atoms with Gasteiger partial charge in [-0.05, 0) is 61.7 Å². The number of nitro benzene ring substituents is 4. The standard InChI is InChI=1S/C20H22N4O6.C15H21N3O4.C11H14N2O3.C5H11NO/c25-23(26)19-11-15(9-17(13-19)21-1-5-29-6-2-21)16-10-18(14-20(12-16)24(27)28)22-3-7-30-8-4-22;1-12-11-22-7-4-17(12)14-8-13(9-15(10-14)18(19)20)16-2-5-21-6-3-16;1-9-6-10(8-11(7-9)13(14)15)12-2-4-16-5-3-12;1-5-4-7-3-2-6-5/h9-14H,1-8H2;8-10,12H,2-7,11H2,1H3;6-8H,2-5H2,1H3;5-6H,2-4H2,1H3/t;12-;;5-/m.0.0/s1. The molecule has 24 nitrogen and oxygen atoms in total. The monoisotopic (exact) mass is 1040 g/mol. The van der Waals surface area contributed by atoms with Gasteiger partial charge in [-0.1, -0.05) is 0 Å². The van der Waals surface area contributed by atoms with Gasteiger partial charge in [0.1, 0.15) is 0 Å². The highest BCUT2D eigenvalue weighted by atomic mass is 16.6. The zero-order chi connectivity index (χ0) is 53.3. The Morgan fingerprint density at radius 3 is 1.12 bits per heavy atom. The van der Waals surface area contributed by atoms with Gasteiger partial charge >= 0.3 is 0 Å². The topological polar surface area (TPSA) is 256 Å². The molecule has 0 radical (unpaired) electrons. The van der Waals surface area contributed by atoms with Gasteiger partial charge in [-0.2, -0.15) is 0 Å². The number of benzene rings is 4. The second kappa shape index (κ2) is 27.7. The summed E-state index contributed by atoms with van der Waals surface area (Å²) in [5.74, 6) is 0. The van der Waals surface area contributed by atoms with Crippen molar-refractivity contribution in [1.29, 1.82) is 0 Å². The quantitative estimate of drug-likeness (QED) is 0.136. The van der Waals surface area contributed by atoms with Crippen molar-refractivity contribution in [2.75, 3.05) is 169 Å². The zero-order valence-electron chi connectivity index (χ0n) is 42.9. The molecule has 0 unspecified atom stereocenters. The Labute approximate surface area is 435 Å². The fourth-order valence-corrected chi connectivity index (χ4v) is 9.26. The minimum Gasteiger partial charge on any atom is -0.379 e. The number of nitrogens with one attached hydrogen (secondary N) is 1. The van der Waals surface area contributed by atoms with E-state index in [1.165, 1.54) is 24.3 Å². The van der Waals surface area contributed by atoms with Crippen molar-refractivity contribution in [3.8, 4) is 11.1 Å². The number of nitrogens with zero attached hydrogens (tertiary/aromatic N) is 9. The van der Waals surface area contributed by atoms with Crippen LogP contribution in [0.5, 0.6) is 0 Å². The van der Waals surface area contributed by atoms with Crippen LogP contribution in [0.1, 0.15) is 19.4 Å². The Balaban J connectivity index is 0.000000160. The molecule has 0 saturated carbocycles. The average Bonchev–Trinajstić information content (AvgIpc) is 3.44. The molecule has 24 heteroatoms. The number of morpholine rings is 6. The fourth-order valence-electron chi connectivity index (χ4n) is 9.26. The van der Waals surface area contributed by atoms with Crippen LogP contribution in [0, 0.1) is 47.4 Å². The molecule has 6 heterocycles. The first-order chi connectivity index (χ1) is 36.2. The molecule has 4 aromatic rings. The molecule has 6 fully saturated rings. The van der Waals surface area contributed by atoms with Crippen molar-refractivity contribution in [1.82, 2.24) is 5.32 Å².